The molecule has 0 atom stereocenters. The first kappa shape index (κ1) is 18.0. The average molecular weight is 354 g/mol. The SMILES string of the molecule is C=C1NC(=O)NC(C(=O)N[C@H]2CC[C@@H](c3ccccc3)CC2)=C1NCC. The van der Waals surface area contributed by atoms with E-state index in [1.165, 1.54) is 5.56 Å². The standard InChI is InChI=1S/C20H26N4O2/c1-3-21-17-13(2)22-20(26)24-18(17)19(25)23-16-11-9-15(10-12-16)14-7-5-4-6-8-14/h4-8,15-16,21H,2-3,9-12H2,1H3,(H,23,25)(H2,22,24,26)/t15-,16+. The Balaban J connectivity index is 1.62. The van der Waals surface area contributed by atoms with Crippen molar-refractivity contribution in [3.05, 3.63) is 59.6 Å². The quantitative estimate of drug-likeness (QED) is 0.656. The second-order valence-corrected chi connectivity index (χ2v) is 6.77. The first-order valence-electron chi connectivity index (χ1n) is 9.19. The van der Waals surface area contributed by atoms with Gasteiger partial charge >= 0.3 is 6.03 Å². The van der Waals surface area contributed by atoms with Crippen molar-refractivity contribution in [2.45, 2.75) is 44.6 Å². The molecule has 1 heterocycles. The highest BCUT2D eigenvalue weighted by Gasteiger charge is 2.28. The summed E-state index contributed by atoms with van der Waals surface area (Å²) >= 11 is 0. The van der Waals surface area contributed by atoms with Crippen LogP contribution in [0.2, 0.25) is 0 Å². The zero-order valence-corrected chi connectivity index (χ0v) is 15.1. The molecule has 3 rings (SSSR count). The lowest BCUT2D eigenvalue weighted by molar-refractivity contribution is -0.118. The maximum absolute atomic E-state index is 12.7. The number of benzene rings is 1. The Hall–Kier alpha value is -2.76. The van der Waals surface area contributed by atoms with Gasteiger partial charge in [0.05, 0.1) is 11.4 Å². The van der Waals surface area contributed by atoms with Crippen LogP contribution in [0.15, 0.2) is 54.0 Å². The van der Waals surface area contributed by atoms with Crippen molar-refractivity contribution in [3.8, 4) is 0 Å². The van der Waals surface area contributed by atoms with Gasteiger partial charge in [-0.1, -0.05) is 36.9 Å². The molecule has 0 radical (unpaired) electrons. The molecule has 1 aliphatic heterocycles. The minimum Gasteiger partial charge on any atom is -0.382 e. The summed E-state index contributed by atoms with van der Waals surface area (Å²) in [7, 11) is 0. The van der Waals surface area contributed by atoms with E-state index in [0.717, 1.165) is 25.7 Å². The van der Waals surface area contributed by atoms with Gasteiger partial charge in [-0.05, 0) is 44.1 Å². The minimum atomic E-state index is -0.436. The summed E-state index contributed by atoms with van der Waals surface area (Å²) in [6.07, 6.45) is 3.97. The summed E-state index contributed by atoms with van der Waals surface area (Å²) < 4.78 is 0. The number of rotatable bonds is 5. The van der Waals surface area contributed by atoms with Gasteiger partial charge in [-0.25, -0.2) is 4.79 Å². The Morgan fingerprint density at radius 3 is 2.50 bits per heavy atom. The van der Waals surface area contributed by atoms with E-state index < -0.39 is 6.03 Å². The number of nitrogens with one attached hydrogen (secondary N) is 4. The van der Waals surface area contributed by atoms with E-state index in [0.29, 0.717) is 23.9 Å². The predicted octanol–water partition coefficient (Wildman–Crippen LogP) is 2.48. The van der Waals surface area contributed by atoms with Crippen LogP contribution < -0.4 is 21.3 Å². The number of hydrogen-bond donors (Lipinski definition) is 4. The number of hydrogen-bond acceptors (Lipinski definition) is 3. The summed E-state index contributed by atoms with van der Waals surface area (Å²) in [5.74, 6) is 0.291. The first-order chi connectivity index (χ1) is 12.6. The van der Waals surface area contributed by atoms with Crippen molar-refractivity contribution in [1.82, 2.24) is 21.3 Å². The molecule has 2 aliphatic rings. The minimum absolute atomic E-state index is 0.123. The molecule has 138 valence electrons. The normalized spacial score (nSPS) is 23.1. The van der Waals surface area contributed by atoms with Crippen molar-refractivity contribution in [2.75, 3.05) is 6.54 Å². The van der Waals surface area contributed by atoms with Crippen LogP contribution in [0.25, 0.3) is 0 Å². The van der Waals surface area contributed by atoms with Crippen LogP contribution in [0.4, 0.5) is 4.79 Å². The molecule has 0 spiro atoms. The van der Waals surface area contributed by atoms with E-state index in [1.54, 1.807) is 0 Å². The highest BCUT2D eigenvalue weighted by atomic mass is 16.2. The second-order valence-electron chi connectivity index (χ2n) is 6.77. The zero-order valence-electron chi connectivity index (χ0n) is 15.1. The lowest BCUT2D eigenvalue weighted by Gasteiger charge is -2.30. The molecule has 0 unspecified atom stereocenters. The van der Waals surface area contributed by atoms with Crippen LogP contribution in [-0.2, 0) is 4.79 Å². The van der Waals surface area contributed by atoms with E-state index in [9.17, 15) is 9.59 Å². The summed E-state index contributed by atoms with van der Waals surface area (Å²) in [5, 5.41) is 11.3. The molecule has 26 heavy (non-hydrogen) atoms. The fraction of sp³-hybridized carbons (Fsp3) is 0.400. The van der Waals surface area contributed by atoms with Gasteiger partial charge in [0.1, 0.15) is 5.70 Å². The predicted molar refractivity (Wildman–Crippen MR) is 101 cm³/mol. The molecular formula is C20H26N4O2. The Morgan fingerprint density at radius 1 is 1.15 bits per heavy atom. The molecule has 1 aromatic carbocycles. The summed E-state index contributed by atoms with van der Waals surface area (Å²) in [6.45, 7) is 6.37. The number of carbonyl (C=O) groups excluding carboxylic acids is 2. The van der Waals surface area contributed by atoms with Crippen molar-refractivity contribution in [1.29, 1.82) is 0 Å². The maximum atomic E-state index is 12.7. The Kier molecular flexibility index (Phi) is 5.61. The van der Waals surface area contributed by atoms with E-state index in [1.807, 2.05) is 13.0 Å². The molecule has 1 fully saturated rings. The molecule has 1 aliphatic carbocycles. The fourth-order valence-electron chi connectivity index (χ4n) is 3.65. The highest BCUT2D eigenvalue weighted by Crippen LogP contribution is 2.32. The van der Waals surface area contributed by atoms with Gasteiger partial charge in [0.2, 0.25) is 0 Å². The fourth-order valence-corrected chi connectivity index (χ4v) is 3.65. The highest BCUT2D eigenvalue weighted by molar-refractivity contribution is 6.00. The molecule has 3 amide bonds. The Morgan fingerprint density at radius 2 is 1.85 bits per heavy atom. The molecule has 0 saturated heterocycles. The van der Waals surface area contributed by atoms with Crippen molar-refractivity contribution in [3.63, 3.8) is 0 Å². The van der Waals surface area contributed by atoms with E-state index in [2.05, 4.69) is 52.1 Å². The molecule has 1 aromatic rings. The Bertz CT molecular complexity index is 719. The third-order valence-corrected chi connectivity index (χ3v) is 4.97. The van der Waals surface area contributed by atoms with Crippen LogP contribution in [-0.4, -0.2) is 24.5 Å². The van der Waals surface area contributed by atoms with Gasteiger partial charge in [-0.3, -0.25) is 4.79 Å². The van der Waals surface area contributed by atoms with Crippen LogP contribution in [0.5, 0.6) is 0 Å². The van der Waals surface area contributed by atoms with E-state index in [-0.39, 0.29) is 17.6 Å². The van der Waals surface area contributed by atoms with Gasteiger partial charge in [0, 0.05) is 12.6 Å². The molecule has 6 nitrogen and oxygen atoms in total. The monoisotopic (exact) mass is 354 g/mol. The van der Waals surface area contributed by atoms with Gasteiger partial charge in [0.25, 0.3) is 5.91 Å². The zero-order chi connectivity index (χ0) is 18.5. The molecular weight excluding hydrogens is 328 g/mol. The lowest BCUT2D eigenvalue weighted by Crippen LogP contribution is -2.49. The number of urea groups is 1. The van der Waals surface area contributed by atoms with Crippen molar-refractivity contribution >= 4 is 11.9 Å². The molecule has 4 N–H and O–H groups in total. The number of carbonyl (C=O) groups is 2. The molecule has 6 heteroatoms. The topological polar surface area (TPSA) is 82.3 Å². The Labute approximate surface area is 154 Å². The van der Waals surface area contributed by atoms with E-state index in [4.69, 9.17) is 0 Å². The average Bonchev–Trinajstić information content (AvgIpc) is 2.65. The van der Waals surface area contributed by atoms with Gasteiger partial charge in [-0.15, -0.1) is 0 Å². The first-order valence-corrected chi connectivity index (χ1v) is 9.19. The van der Waals surface area contributed by atoms with Gasteiger partial charge < -0.3 is 21.3 Å². The van der Waals surface area contributed by atoms with Crippen molar-refractivity contribution in [2.24, 2.45) is 0 Å². The van der Waals surface area contributed by atoms with Crippen LogP contribution >= 0.6 is 0 Å². The lowest BCUT2D eigenvalue weighted by atomic mass is 9.82. The molecule has 0 bridgehead atoms. The van der Waals surface area contributed by atoms with Gasteiger partial charge in [0.15, 0.2) is 0 Å². The maximum Gasteiger partial charge on any atom is 0.323 e. The summed E-state index contributed by atoms with van der Waals surface area (Å²) in [6, 6.07) is 10.2. The smallest absolute Gasteiger partial charge is 0.323 e. The van der Waals surface area contributed by atoms with Crippen LogP contribution in [0, 0.1) is 0 Å². The summed E-state index contributed by atoms with van der Waals surface area (Å²) in [5.41, 5.74) is 2.57. The third-order valence-electron chi connectivity index (χ3n) is 4.97. The van der Waals surface area contributed by atoms with Gasteiger partial charge in [-0.2, -0.15) is 0 Å². The van der Waals surface area contributed by atoms with Crippen LogP contribution in [0.1, 0.15) is 44.1 Å². The third kappa shape index (κ3) is 4.07. The number of likely N-dealkylation sites (N-methyl/N-ethyl adjacent to an activating group) is 1. The van der Waals surface area contributed by atoms with Crippen molar-refractivity contribution < 1.29 is 9.59 Å². The number of amides is 3. The summed E-state index contributed by atoms with van der Waals surface area (Å²) in [4.78, 5) is 24.4. The largest absolute Gasteiger partial charge is 0.382 e. The van der Waals surface area contributed by atoms with Crippen LogP contribution in [0.3, 0.4) is 0 Å². The van der Waals surface area contributed by atoms with E-state index >= 15 is 0 Å². The molecule has 0 aromatic heterocycles. The second kappa shape index (κ2) is 8.08. The molecule has 1 saturated carbocycles.